The Bertz CT molecular complexity index is 721. The molecular formula is C21H37N3O3Si. The monoisotopic (exact) mass is 407 g/mol. The smallest absolute Gasteiger partial charge is 0.250 e. The molecule has 0 aromatic heterocycles. The van der Waals surface area contributed by atoms with E-state index >= 15 is 0 Å². The Morgan fingerprint density at radius 1 is 1.18 bits per heavy atom. The first-order valence-corrected chi connectivity index (χ1v) is 12.5. The van der Waals surface area contributed by atoms with Gasteiger partial charge in [0.05, 0.1) is 20.3 Å². The molecule has 0 bridgehead atoms. The third-order valence-electron chi connectivity index (χ3n) is 5.63. The summed E-state index contributed by atoms with van der Waals surface area (Å²) in [6.45, 7) is 13.0. The molecule has 1 aromatic rings. The number of likely N-dealkylation sites (N-methyl/N-ethyl adjacent to an activating group) is 1. The van der Waals surface area contributed by atoms with Crippen molar-refractivity contribution >= 4 is 8.32 Å². The second-order valence-electron chi connectivity index (χ2n) is 8.99. The summed E-state index contributed by atoms with van der Waals surface area (Å²) in [5, 5.41) is 9.52. The van der Waals surface area contributed by atoms with Gasteiger partial charge >= 0.3 is 0 Å². The Balaban J connectivity index is 3.46. The highest BCUT2D eigenvalue weighted by atomic mass is 28.4. The van der Waals surface area contributed by atoms with Gasteiger partial charge in [0.15, 0.2) is 5.75 Å². The second kappa shape index (κ2) is 9.16. The van der Waals surface area contributed by atoms with E-state index in [9.17, 15) is 5.26 Å². The molecule has 7 heteroatoms. The number of methoxy groups -OCH3 is 2. The zero-order chi connectivity index (χ0) is 21.9. The lowest BCUT2D eigenvalue weighted by Crippen LogP contribution is -2.45. The van der Waals surface area contributed by atoms with Crippen LogP contribution in [0, 0.1) is 18.3 Å². The van der Waals surface area contributed by atoms with E-state index in [1.54, 1.807) is 14.2 Å². The van der Waals surface area contributed by atoms with Gasteiger partial charge in [-0.3, -0.25) is 4.90 Å². The molecule has 1 rings (SSSR count). The topological polar surface area (TPSA) is 80.7 Å². The van der Waals surface area contributed by atoms with E-state index in [1.165, 1.54) is 0 Å². The van der Waals surface area contributed by atoms with Gasteiger partial charge in [0, 0.05) is 11.6 Å². The Kier molecular flexibility index (Phi) is 7.95. The van der Waals surface area contributed by atoms with Crippen molar-refractivity contribution < 1.29 is 13.9 Å². The summed E-state index contributed by atoms with van der Waals surface area (Å²) in [6, 6.07) is 3.50. The van der Waals surface area contributed by atoms with Crippen LogP contribution in [0.25, 0.3) is 0 Å². The number of ether oxygens (including phenoxy) is 2. The average Bonchev–Trinajstić information content (AvgIpc) is 2.54. The van der Waals surface area contributed by atoms with Crippen LogP contribution in [0.2, 0.25) is 18.1 Å². The van der Waals surface area contributed by atoms with Crippen molar-refractivity contribution in [3.63, 3.8) is 0 Å². The van der Waals surface area contributed by atoms with Crippen LogP contribution in [-0.4, -0.2) is 53.6 Å². The van der Waals surface area contributed by atoms with Gasteiger partial charge in [0.2, 0.25) is 0 Å². The first-order chi connectivity index (χ1) is 12.8. The highest BCUT2D eigenvalue weighted by Gasteiger charge is 2.40. The summed E-state index contributed by atoms with van der Waals surface area (Å²) in [4.78, 5) is 1.83. The lowest BCUT2D eigenvalue weighted by Gasteiger charge is -2.37. The van der Waals surface area contributed by atoms with Gasteiger partial charge in [-0.15, -0.1) is 0 Å². The van der Waals surface area contributed by atoms with E-state index in [2.05, 4.69) is 39.9 Å². The van der Waals surface area contributed by atoms with Gasteiger partial charge < -0.3 is 19.6 Å². The highest BCUT2D eigenvalue weighted by Crippen LogP contribution is 2.44. The third-order valence-corrected chi connectivity index (χ3v) is 9.97. The number of nitrogens with zero attached hydrogens (tertiary/aromatic N) is 2. The maximum Gasteiger partial charge on any atom is 0.250 e. The van der Waals surface area contributed by atoms with Crippen molar-refractivity contribution in [3.8, 4) is 23.3 Å². The Morgan fingerprint density at radius 3 is 2.11 bits per heavy atom. The minimum atomic E-state index is -2.07. The van der Waals surface area contributed by atoms with Gasteiger partial charge in [-0.05, 0) is 57.2 Å². The van der Waals surface area contributed by atoms with Crippen molar-refractivity contribution in [2.45, 2.75) is 64.3 Å². The molecule has 0 fully saturated rings. The molecule has 158 valence electrons. The normalized spacial score (nSPS) is 14.4. The van der Waals surface area contributed by atoms with E-state index in [0.29, 0.717) is 17.9 Å². The third kappa shape index (κ3) is 5.19. The fourth-order valence-corrected chi connectivity index (χ4v) is 3.98. The van der Waals surface area contributed by atoms with Crippen molar-refractivity contribution in [2.75, 3.05) is 28.3 Å². The fourth-order valence-electron chi connectivity index (χ4n) is 2.97. The minimum Gasteiger partial charge on any atom is -0.541 e. The van der Waals surface area contributed by atoms with Gasteiger partial charge in [-0.1, -0.05) is 20.8 Å². The van der Waals surface area contributed by atoms with Crippen LogP contribution < -0.4 is 19.6 Å². The van der Waals surface area contributed by atoms with Gasteiger partial charge in [0.25, 0.3) is 8.32 Å². The van der Waals surface area contributed by atoms with E-state index in [-0.39, 0.29) is 11.1 Å². The first kappa shape index (κ1) is 24.3. The SMILES string of the molecule is COc1c(C[C@H](N)C(C#N)N(C)C)cc(O[Si](C)(C)C(C)(C)C)c(OC)c1C. The molecule has 28 heavy (non-hydrogen) atoms. The zero-order valence-corrected chi connectivity index (χ0v) is 20.1. The summed E-state index contributed by atoms with van der Waals surface area (Å²) in [7, 11) is 4.93. The number of rotatable bonds is 8. The van der Waals surface area contributed by atoms with Crippen LogP contribution in [0.5, 0.6) is 17.2 Å². The molecule has 1 unspecified atom stereocenters. The van der Waals surface area contributed by atoms with Crippen molar-refractivity contribution in [2.24, 2.45) is 5.73 Å². The predicted molar refractivity (Wildman–Crippen MR) is 117 cm³/mol. The Labute approximate surface area is 171 Å². The molecular weight excluding hydrogens is 370 g/mol. The molecule has 1 aromatic carbocycles. The molecule has 0 aliphatic rings. The molecule has 2 N–H and O–H groups in total. The number of hydrogen-bond donors (Lipinski definition) is 1. The maximum atomic E-state index is 9.46. The van der Waals surface area contributed by atoms with Gasteiger partial charge in [0.1, 0.15) is 17.5 Å². The van der Waals surface area contributed by atoms with Crippen molar-refractivity contribution in [1.29, 1.82) is 5.26 Å². The number of nitriles is 1. The molecule has 6 nitrogen and oxygen atoms in total. The molecule has 0 amide bonds. The molecule has 0 radical (unpaired) electrons. The molecule has 0 aliphatic carbocycles. The standard InChI is InChI=1S/C21H37N3O3Si/c1-14-19(25-7)15(11-16(23)17(13-22)24(5)6)12-18(20(14)26-8)27-28(9,10)21(2,3)4/h12,16-17H,11,23H2,1-10H3/t16-,17?/m0/s1. The van der Waals surface area contributed by atoms with Crippen LogP contribution in [0.15, 0.2) is 6.07 Å². The van der Waals surface area contributed by atoms with Crippen LogP contribution in [0.1, 0.15) is 31.9 Å². The summed E-state index contributed by atoms with van der Waals surface area (Å²) in [5.41, 5.74) is 8.17. The van der Waals surface area contributed by atoms with E-state index in [4.69, 9.17) is 19.6 Å². The Hall–Kier alpha value is -1.75. The number of benzene rings is 1. The lowest BCUT2D eigenvalue weighted by molar-refractivity contribution is 0.303. The first-order valence-electron chi connectivity index (χ1n) is 9.55. The van der Waals surface area contributed by atoms with Crippen LogP contribution in [0.4, 0.5) is 0 Å². The van der Waals surface area contributed by atoms with Gasteiger partial charge in [-0.25, -0.2) is 0 Å². The van der Waals surface area contributed by atoms with Crippen molar-refractivity contribution in [1.82, 2.24) is 4.90 Å². The van der Waals surface area contributed by atoms with Crippen LogP contribution in [-0.2, 0) is 6.42 Å². The second-order valence-corrected chi connectivity index (χ2v) is 13.7. The summed E-state index contributed by atoms with van der Waals surface area (Å²) in [6.07, 6.45) is 0.498. The molecule has 0 saturated carbocycles. The fraction of sp³-hybridized carbons (Fsp3) is 0.667. The predicted octanol–water partition coefficient (Wildman–Crippen LogP) is 3.72. The Morgan fingerprint density at radius 2 is 1.71 bits per heavy atom. The highest BCUT2D eigenvalue weighted by molar-refractivity contribution is 6.74. The van der Waals surface area contributed by atoms with Crippen LogP contribution >= 0.6 is 0 Å². The number of nitrogens with two attached hydrogens (primary N) is 1. The summed E-state index contributed by atoms with van der Waals surface area (Å²) < 4.78 is 17.9. The largest absolute Gasteiger partial charge is 0.541 e. The van der Waals surface area contributed by atoms with Gasteiger partial charge in [-0.2, -0.15) is 5.26 Å². The minimum absolute atomic E-state index is 0.0548. The zero-order valence-electron chi connectivity index (χ0n) is 19.1. The quantitative estimate of drug-likeness (QED) is 0.662. The van der Waals surface area contributed by atoms with E-state index in [0.717, 1.165) is 16.9 Å². The summed E-state index contributed by atoms with van der Waals surface area (Å²) >= 11 is 0. The van der Waals surface area contributed by atoms with E-state index in [1.807, 2.05) is 32.0 Å². The summed E-state index contributed by atoms with van der Waals surface area (Å²) in [5.74, 6) is 2.13. The molecule has 0 heterocycles. The van der Waals surface area contributed by atoms with Crippen molar-refractivity contribution in [3.05, 3.63) is 17.2 Å². The number of hydrogen-bond acceptors (Lipinski definition) is 6. The molecule has 0 saturated heterocycles. The van der Waals surface area contributed by atoms with Crippen LogP contribution in [0.3, 0.4) is 0 Å². The molecule has 0 spiro atoms. The maximum absolute atomic E-state index is 9.46. The average molecular weight is 408 g/mol. The lowest BCUT2D eigenvalue weighted by atomic mass is 9.97. The molecule has 2 atom stereocenters. The molecule has 0 aliphatic heterocycles. The van der Waals surface area contributed by atoms with E-state index < -0.39 is 14.4 Å².